The van der Waals surface area contributed by atoms with Crippen LogP contribution in [0.1, 0.15) is 17.2 Å². The minimum atomic E-state index is -1.05. The second kappa shape index (κ2) is 8.98. The summed E-state index contributed by atoms with van der Waals surface area (Å²) in [4.78, 5) is 27.5. The number of carbonyl (C=O) groups excluding carboxylic acids is 2. The summed E-state index contributed by atoms with van der Waals surface area (Å²) < 4.78 is 5.17. The van der Waals surface area contributed by atoms with Gasteiger partial charge in [0.2, 0.25) is 0 Å². The van der Waals surface area contributed by atoms with Crippen LogP contribution in [0.5, 0.6) is 11.5 Å². The van der Waals surface area contributed by atoms with Crippen LogP contribution in [0.15, 0.2) is 66.2 Å². The van der Waals surface area contributed by atoms with Gasteiger partial charge in [-0.15, -0.1) is 0 Å². The Morgan fingerprint density at radius 2 is 1.70 bits per heavy atom. The lowest BCUT2D eigenvalue weighted by molar-refractivity contribution is -0.132. The van der Waals surface area contributed by atoms with Crippen LogP contribution in [-0.2, 0) is 9.59 Å². The van der Waals surface area contributed by atoms with Crippen molar-refractivity contribution >= 4 is 57.9 Å². The smallest absolute Gasteiger partial charge is 0.300 e. The first-order valence-corrected chi connectivity index (χ1v) is 10.7. The number of phenols is 1. The van der Waals surface area contributed by atoms with E-state index < -0.39 is 23.5 Å². The van der Waals surface area contributed by atoms with Crippen LogP contribution in [0.2, 0.25) is 15.1 Å². The van der Waals surface area contributed by atoms with E-state index in [-0.39, 0.29) is 32.0 Å². The van der Waals surface area contributed by atoms with E-state index in [0.717, 1.165) is 0 Å². The number of phenolic OH excluding ortho intramolecular Hbond substituents is 1. The summed E-state index contributed by atoms with van der Waals surface area (Å²) in [6, 6.07) is 14.0. The number of nitrogens with zero attached hydrogens (tertiary/aromatic N) is 1. The van der Waals surface area contributed by atoms with Gasteiger partial charge in [-0.25, -0.2) is 0 Å². The SMILES string of the molecule is COc1ccc(N2C(=O)C(=O)/C(=C(/O)c3ccc(Cl)c(Cl)c3)C2c2cccc(O)c2)cc1Cl. The van der Waals surface area contributed by atoms with Gasteiger partial charge < -0.3 is 14.9 Å². The van der Waals surface area contributed by atoms with E-state index in [2.05, 4.69) is 0 Å². The molecule has 0 spiro atoms. The van der Waals surface area contributed by atoms with Gasteiger partial charge in [0.15, 0.2) is 0 Å². The number of anilines is 1. The molecule has 1 atom stereocenters. The number of hydrogen-bond donors (Lipinski definition) is 2. The minimum Gasteiger partial charge on any atom is -0.508 e. The number of ether oxygens (including phenoxy) is 1. The number of ketones is 1. The zero-order chi connectivity index (χ0) is 23.9. The number of Topliss-reactive ketones (excluding diaryl/α,β-unsaturated/α-hetero) is 1. The molecule has 1 unspecified atom stereocenters. The molecule has 1 aliphatic heterocycles. The summed E-state index contributed by atoms with van der Waals surface area (Å²) in [5.41, 5.74) is 0.753. The second-order valence-corrected chi connectivity index (χ2v) is 8.43. The monoisotopic (exact) mass is 503 g/mol. The summed E-state index contributed by atoms with van der Waals surface area (Å²) in [5.74, 6) is -1.88. The first-order valence-electron chi connectivity index (χ1n) is 9.61. The van der Waals surface area contributed by atoms with Crippen molar-refractivity contribution in [3.05, 3.63) is 92.4 Å². The van der Waals surface area contributed by atoms with E-state index in [1.165, 1.54) is 48.4 Å². The van der Waals surface area contributed by atoms with Crippen LogP contribution in [0, 0.1) is 0 Å². The van der Waals surface area contributed by atoms with Gasteiger partial charge in [-0.2, -0.15) is 0 Å². The Balaban J connectivity index is 1.96. The molecule has 1 amide bonds. The van der Waals surface area contributed by atoms with Crippen LogP contribution in [0.4, 0.5) is 5.69 Å². The lowest BCUT2D eigenvalue weighted by Crippen LogP contribution is -2.29. The maximum Gasteiger partial charge on any atom is 0.300 e. The minimum absolute atomic E-state index is 0.0691. The fourth-order valence-electron chi connectivity index (χ4n) is 3.71. The molecule has 1 saturated heterocycles. The molecule has 3 aromatic carbocycles. The number of aliphatic hydroxyl groups excluding tert-OH is 1. The van der Waals surface area contributed by atoms with Crippen molar-refractivity contribution in [3.63, 3.8) is 0 Å². The van der Waals surface area contributed by atoms with Gasteiger partial charge in [0.05, 0.1) is 33.8 Å². The van der Waals surface area contributed by atoms with E-state index >= 15 is 0 Å². The Morgan fingerprint density at radius 1 is 0.939 bits per heavy atom. The van der Waals surface area contributed by atoms with Crippen molar-refractivity contribution in [2.24, 2.45) is 0 Å². The number of methoxy groups -OCH3 is 1. The summed E-state index contributed by atoms with van der Waals surface area (Å²) >= 11 is 18.3. The number of benzene rings is 3. The third-order valence-electron chi connectivity index (χ3n) is 5.24. The van der Waals surface area contributed by atoms with E-state index in [4.69, 9.17) is 39.5 Å². The number of aromatic hydroxyl groups is 1. The number of hydrogen-bond acceptors (Lipinski definition) is 5. The van der Waals surface area contributed by atoms with Crippen molar-refractivity contribution < 1.29 is 24.5 Å². The predicted molar refractivity (Wildman–Crippen MR) is 127 cm³/mol. The van der Waals surface area contributed by atoms with Gasteiger partial charge in [-0.1, -0.05) is 46.9 Å². The lowest BCUT2D eigenvalue weighted by atomic mass is 9.95. The van der Waals surface area contributed by atoms with Crippen molar-refractivity contribution in [2.75, 3.05) is 12.0 Å². The Labute approximate surface area is 204 Å². The standard InChI is InChI=1S/C24H16Cl3NO5/c1-33-19-8-6-14(11-18(19)27)28-21(12-3-2-4-15(29)9-12)20(23(31)24(28)32)22(30)13-5-7-16(25)17(26)10-13/h2-11,21,29-30H,1H3/b22-20+. The van der Waals surface area contributed by atoms with Gasteiger partial charge in [0.1, 0.15) is 17.3 Å². The first-order chi connectivity index (χ1) is 15.7. The molecule has 1 heterocycles. The maximum atomic E-state index is 13.2. The summed E-state index contributed by atoms with van der Waals surface area (Å²) in [6.07, 6.45) is 0. The number of rotatable bonds is 4. The largest absolute Gasteiger partial charge is 0.508 e. The molecule has 6 nitrogen and oxygen atoms in total. The van der Waals surface area contributed by atoms with Gasteiger partial charge in [0.25, 0.3) is 11.7 Å². The predicted octanol–water partition coefficient (Wildman–Crippen LogP) is 5.99. The molecule has 9 heteroatoms. The number of aliphatic hydroxyl groups is 1. The summed E-state index contributed by atoms with van der Waals surface area (Å²) in [7, 11) is 1.46. The molecule has 0 aliphatic carbocycles. The quantitative estimate of drug-likeness (QED) is 0.259. The molecule has 4 rings (SSSR count). The Bertz CT molecular complexity index is 1320. The Kier molecular flexibility index (Phi) is 6.26. The third kappa shape index (κ3) is 4.13. The van der Waals surface area contributed by atoms with E-state index in [0.29, 0.717) is 17.0 Å². The van der Waals surface area contributed by atoms with Crippen LogP contribution < -0.4 is 9.64 Å². The van der Waals surface area contributed by atoms with Crippen molar-refractivity contribution in [1.29, 1.82) is 0 Å². The first kappa shape index (κ1) is 23.0. The summed E-state index contributed by atoms with van der Waals surface area (Å²) in [5, 5.41) is 21.8. The molecule has 0 saturated carbocycles. The molecule has 33 heavy (non-hydrogen) atoms. The van der Waals surface area contributed by atoms with Crippen molar-refractivity contribution in [1.82, 2.24) is 0 Å². The van der Waals surface area contributed by atoms with Gasteiger partial charge in [-0.05, 0) is 54.1 Å². The maximum absolute atomic E-state index is 13.2. The molecular weight excluding hydrogens is 489 g/mol. The number of halogens is 3. The fourth-order valence-corrected chi connectivity index (χ4v) is 4.26. The summed E-state index contributed by atoms with van der Waals surface area (Å²) in [6.45, 7) is 0. The average molecular weight is 505 g/mol. The topological polar surface area (TPSA) is 87.1 Å². The molecule has 168 valence electrons. The highest BCUT2D eigenvalue weighted by atomic mass is 35.5. The van der Waals surface area contributed by atoms with E-state index in [1.807, 2.05) is 0 Å². The highest BCUT2D eigenvalue weighted by Crippen LogP contribution is 2.44. The molecule has 0 bridgehead atoms. The van der Waals surface area contributed by atoms with E-state index in [1.54, 1.807) is 24.3 Å². The molecule has 1 fully saturated rings. The molecule has 1 aliphatic rings. The Hall–Kier alpha value is -3.19. The lowest BCUT2D eigenvalue weighted by Gasteiger charge is -2.26. The van der Waals surface area contributed by atoms with Crippen LogP contribution in [0.3, 0.4) is 0 Å². The van der Waals surface area contributed by atoms with Crippen LogP contribution >= 0.6 is 34.8 Å². The van der Waals surface area contributed by atoms with Gasteiger partial charge in [0, 0.05) is 11.3 Å². The van der Waals surface area contributed by atoms with Crippen LogP contribution in [0.25, 0.3) is 5.76 Å². The molecule has 0 radical (unpaired) electrons. The highest BCUT2D eigenvalue weighted by Gasteiger charge is 2.47. The Morgan fingerprint density at radius 3 is 2.33 bits per heavy atom. The second-order valence-electron chi connectivity index (χ2n) is 7.21. The number of amides is 1. The fraction of sp³-hybridized carbons (Fsp3) is 0.0833. The zero-order valence-electron chi connectivity index (χ0n) is 17.1. The molecule has 3 aromatic rings. The highest BCUT2D eigenvalue weighted by molar-refractivity contribution is 6.52. The third-order valence-corrected chi connectivity index (χ3v) is 6.27. The average Bonchev–Trinajstić information content (AvgIpc) is 3.05. The number of carbonyl (C=O) groups is 2. The van der Waals surface area contributed by atoms with Crippen molar-refractivity contribution in [3.8, 4) is 11.5 Å². The zero-order valence-corrected chi connectivity index (χ0v) is 19.3. The van der Waals surface area contributed by atoms with E-state index in [9.17, 15) is 19.8 Å². The van der Waals surface area contributed by atoms with Gasteiger partial charge in [-0.3, -0.25) is 14.5 Å². The molecule has 2 N–H and O–H groups in total. The van der Waals surface area contributed by atoms with Crippen molar-refractivity contribution in [2.45, 2.75) is 6.04 Å². The van der Waals surface area contributed by atoms with Crippen LogP contribution in [-0.4, -0.2) is 29.0 Å². The molecule has 0 aromatic heterocycles. The normalized spacial score (nSPS) is 17.5. The molecular formula is C24H16Cl3NO5. The van der Waals surface area contributed by atoms with Gasteiger partial charge >= 0.3 is 0 Å².